The Morgan fingerprint density at radius 3 is 2.44 bits per heavy atom. The molecular weight excluding hydrogens is 336 g/mol. The van der Waals surface area contributed by atoms with Gasteiger partial charge in [-0.25, -0.2) is 4.99 Å². The van der Waals surface area contributed by atoms with E-state index in [4.69, 9.17) is 4.99 Å². The summed E-state index contributed by atoms with van der Waals surface area (Å²) in [6, 6.07) is 8.53. The number of hydrogen-bond acceptors (Lipinski definition) is 3. The van der Waals surface area contributed by atoms with Gasteiger partial charge >= 0.3 is 0 Å². The molecule has 0 unspecified atom stereocenters. The third kappa shape index (κ3) is 7.15. The Morgan fingerprint density at radius 1 is 1.11 bits per heavy atom. The Balaban J connectivity index is 2.03. The van der Waals surface area contributed by atoms with Crippen LogP contribution in [0.3, 0.4) is 0 Å². The first-order chi connectivity index (χ1) is 13.1. The molecule has 1 saturated carbocycles. The summed E-state index contributed by atoms with van der Waals surface area (Å²) in [5.74, 6) is 0.875. The molecule has 1 fully saturated rings. The van der Waals surface area contributed by atoms with Gasteiger partial charge in [0.05, 0.1) is 6.54 Å². The molecule has 1 aliphatic carbocycles. The zero-order chi connectivity index (χ0) is 19.5. The molecule has 27 heavy (non-hydrogen) atoms. The third-order valence-corrected chi connectivity index (χ3v) is 5.54. The van der Waals surface area contributed by atoms with Crippen LogP contribution in [0.5, 0.6) is 0 Å². The highest BCUT2D eigenvalue weighted by atomic mass is 16.3. The fourth-order valence-electron chi connectivity index (χ4n) is 4.04. The van der Waals surface area contributed by atoms with Crippen molar-refractivity contribution in [1.82, 2.24) is 15.5 Å². The smallest absolute Gasteiger partial charge is 0.191 e. The summed E-state index contributed by atoms with van der Waals surface area (Å²) >= 11 is 0. The van der Waals surface area contributed by atoms with Crippen molar-refractivity contribution in [2.45, 2.75) is 58.5 Å². The van der Waals surface area contributed by atoms with Gasteiger partial charge in [-0.1, -0.05) is 43.5 Å². The second-order valence-electron chi connectivity index (χ2n) is 8.09. The van der Waals surface area contributed by atoms with Crippen molar-refractivity contribution in [3.63, 3.8) is 0 Å². The van der Waals surface area contributed by atoms with Gasteiger partial charge in [0.1, 0.15) is 0 Å². The highest BCUT2D eigenvalue weighted by molar-refractivity contribution is 5.79. The van der Waals surface area contributed by atoms with Crippen LogP contribution in [0.25, 0.3) is 0 Å². The largest absolute Gasteiger partial charge is 0.396 e. The lowest BCUT2D eigenvalue weighted by molar-refractivity contribution is 0.131. The lowest BCUT2D eigenvalue weighted by atomic mass is 9.72. The summed E-state index contributed by atoms with van der Waals surface area (Å²) in [6.07, 6.45) is 7.15. The Kier molecular flexibility index (Phi) is 9.08. The fourth-order valence-corrected chi connectivity index (χ4v) is 4.04. The first-order valence-corrected chi connectivity index (χ1v) is 10.4. The van der Waals surface area contributed by atoms with Crippen molar-refractivity contribution in [3.05, 3.63) is 35.4 Å². The number of aliphatic hydroxyl groups excluding tert-OH is 1. The molecule has 152 valence electrons. The first kappa shape index (κ1) is 21.7. The average Bonchev–Trinajstić information content (AvgIpc) is 2.66. The highest BCUT2D eigenvalue weighted by Gasteiger charge is 2.31. The molecule has 0 radical (unpaired) electrons. The predicted octanol–water partition coefficient (Wildman–Crippen LogP) is 3.14. The van der Waals surface area contributed by atoms with Crippen LogP contribution in [0.2, 0.25) is 0 Å². The van der Waals surface area contributed by atoms with Crippen LogP contribution in [0.1, 0.15) is 56.6 Å². The van der Waals surface area contributed by atoms with E-state index in [0.29, 0.717) is 6.54 Å². The minimum Gasteiger partial charge on any atom is -0.396 e. The summed E-state index contributed by atoms with van der Waals surface area (Å²) in [7, 11) is 4.19. The van der Waals surface area contributed by atoms with Crippen LogP contribution < -0.4 is 10.6 Å². The Bertz CT molecular complexity index is 574. The number of hydrogen-bond donors (Lipinski definition) is 3. The summed E-state index contributed by atoms with van der Waals surface area (Å²) in [5.41, 5.74) is 2.81. The lowest BCUT2D eigenvalue weighted by Gasteiger charge is -2.37. The van der Waals surface area contributed by atoms with Gasteiger partial charge in [-0.3, -0.25) is 0 Å². The molecular formula is C22H38N4O. The number of guanidine groups is 1. The van der Waals surface area contributed by atoms with Crippen molar-refractivity contribution in [3.8, 4) is 0 Å². The molecule has 0 aliphatic heterocycles. The number of aliphatic hydroxyl groups is 1. The topological polar surface area (TPSA) is 59.9 Å². The molecule has 2 rings (SSSR count). The van der Waals surface area contributed by atoms with E-state index >= 15 is 0 Å². The molecule has 0 atom stereocenters. The maximum absolute atomic E-state index is 9.53. The molecule has 5 nitrogen and oxygen atoms in total. The van der Waals surface area contributed by atoms with Crippen LogP contribution in [0.15, 0.2) is 29.3 Å². The molecule has 5 heteroatoms. The summed E-state index contributed by atoms with van der Waals surface area (Å²) < 4.78 is 0. The van der Waals surface area contributed by atoms with Gasteiger partial charge in [-0.2, -0.15) is 0 Å². The highest BCUT2D eigenvalue weighted by Crippen LogP contribution is 2.38. The van der Waals surface area contributed by atoms with Gasteiger partial charge in [0.25, 0.3) is 0 Å². The number of benzene rings is 1. The van der Waals surface area contributed by atoms with E-state index in [2.05, 4.69) is 60.8 Å². The molecule has 0 spiro atoms. The fraction of sp³-hybridized carbons (Fsp3) is 0.682. The van der Waals surface area contributed by atoms with Gasteiger partial charge < -0.3 is 20.6 Å². The van der Waals surface area contributed by atoms with Crippen LogP contribution in [-0.2, 0) is 13.1 Å². The predicted molar refractivity (Wildman–Crippen MR) is 114 cm³/mol. The molecule has 0 bridgehead atoms. The quantitative estimate of drug-likeness (QED) is 0.459. The van der Waals surface area contributed by atoms with Crippen LogP contribution in [-0.4, -0.2) is 49.8 Å². The van der Waals surface area contributed by atoms with Crippen molar-refractivity contribution < 1.29 is 5.11 Å². The Morgan fingerprint density at radius 2 is 1.81 bits per heavy atom. The van der Waals surface area contributed by atoms with Gasteiger partial charge in [-0.15, -0.1) is 0 Å². The van der Waals surface area contributed by atoms with E-state index in [1.165, 1.54) is 43.2 Å². The van der Waals surface area contributed by atoms with E-state index in [1.807, 2.05) is 0 Å². The molecule has 0 heterocycles. The van der Waals surface area contributed by atoms with E-state index in [1.54, 1.807) is 0 Å². The zero-order valence-electron chi connectivity index (χ0n) is 17.4. The van der Waals surface area contributed by atoms with Crippen LogP contribution in [0.4, 0.5) is 0 Å². The standard InChI is InChI=1S/C22H38N4O/c1-4-23-21(25-18-22(14-15-27)12-8-5-9-13-22)24-16-19-10-6-7-11-20(19)17-26(2)3/h6-7,10-11,27H,4-5,8-9,12-18H2,1-3H3,(H2,23,24,25). The summed E-state index contributed by atoms with van der Waals surface area (Å²) in [4.78, 5) is 7.03. The number of nitrogens with zero attached hydrogens (tertiary/aromatic N) is 2. The minimum absolute atomic E-state index is 0.214. The minimum atomic E-state index is 0.214. The van der Waals surface area contributed by atoms with Gasteiger partial charge in [-0.05, 0) is 56.8 Å². The maximum Gasteiger partial charge on any atom is 0.191 e. The summed E-state index contributed by atoms with van der Waals surface area (Å²) in [6.45, 7) is 5.70. The average molecular weight is 375 g/mol. The van der Waals surface area contributed by atoms with Gasteiger partial charge in [0, 0.05) is 26.2 Å². The first-order valence-electron chi connectivity index (χ1n) is 10.4. The van der Waals surface area contributed by atoms with Crippen LogP contribution in [0, 0.1) is 5.41 Å². The third-order valence-electron chi connectivity index (χ3n) is 5.54. The van der Waals surface area contributed by atoms with E-state index < -0.39 is 0 Å². The molecule has 1 aliphatic rings. The molecule has 1 aromatic rings. The maximum atomic E-state index is 9.53. The van der Waals surface area contributed by atoms with Gasteiger partial charge in [0.2, 0.25) is 0 Å². The molecule has 0 saturated heterocycles. The zero-order valence-corrected chi connectivity index (χ0v) is 17.4. The van der Waals surface area contributed by atoms with Crippen LogP contribution >= 0.6 is 0 Å². The molecule has 1 aromatic carbocycles. The van der Waals surface area contributed by atoms with Crippen molar-refractivity contribution in [2.24, 2.45) is 10.4 Å². The number of aliphatic imine (C=N–C) groups is 1. The second kappa shape index (κ2) is 11.3. The monoisotopic (exact) mass is 374 g/mol. The van der Waals surface area contributed by atoms with E-state index in [0.717, 1.165) is 32.0 Å². The SMILES string of the molecule is CCNC(=NCc1ccccc1CN(C)C)NCC1(CCO)CCCCC1. The Hall–Kier alpha value is -1.59. The van der Waals surface area contributed by atoms with Gasteiger partial charge in [0.15, 0.2) is 5.96 Å². The second-order valence-corrected chi connectivity index (χ2v) is 8.09. The van der Waals surface area contributed by atoms with Crippen molar-refractivity contribution in [2.75, 3.05) is 33.8 Å². The number of rotatable bonds is 9. The van der Waals surface area contributed by atoms with Crippen molar-refractivity contribution >= 4 is 5.96 Å². The molecule has 0 aromatic heterocycles. The van der Waals surface area contributed by atoms with Crippen molar-refractivity contribution in [1.29, 1.82) is 0 Å². The normalized spacial score (nSPS) is 17.1. The summed E-state index contributed by atoms with van der Waals surface area (Å²) in [5, 5.41) is 16.5. The van der Waals surface area contributed by atoms with E-state index in [-0.39, 0.29) is 12.0 Å². The molecule has 3 N–H and O–H groups in total. The van der Waals surface area contributed by atoms with E-state index in [9.17, 15) is 5.11 Å². The number of nitrogens with one attached hydrogen (secondary N) is 2. The lowest BCUT2D eigenvalue weighted by Crippen LogP contribution is -2.45. The molecule has 0 amide bonds. The Labute approximate surface area is 165 Å².